The molecule has 0 bridgehead atoms. The average molecular weight is 364 g/mol. The molecular formula is C21H37N3O2. The van der Waals surface area contributed by atoms with Crippen molar-refractivity contribution >= 4 is 11.9 Å². The van der Waals surface area contributed by atoms with E-state index in [1.807, 2.05) is 9.80 Å². The number of amides is 3. The van der Waals surface area contributed by atoms with Gasteiger partial charge < -0.3 is 15.1 Å². The van der Waals surface area contributed by atoms with Crippen LogP contribution in [0.25, 0.3) is 0 Å². The van der Waals surface area contributed by atoms with Gasteiger partial charge >= 0.3 is 6.03 Å². The molecule has 2 saturated heterocycles. The van der Waals surface area contributed by atoms with Crippen LogP contribution in [0.5, 0.6) is 0 Å². The summed E-state index contributed by atoms with van der Waals surface area (Å²) in [6, 6.07) is 0.0710. The van der Waals surface area contributed by atoms with Crippen LogP contribution < -0.4 is 5.32 Å². The van der Waals surface area contributed by atoms with Crippen molar-refractivity contribution in [2.75, 3.05) is 32.7 Å². The number of hydrogen-bond donors (Lipinski definition) is 1. The molecule has 3 fully saturated rings. The Morgan fingerprint density at radius 1 is 0.923 bits per heavy atom. The largest absolute Gasteiger partial charge is 0.342 e. The molecule has 5 heteroatoms. The van der Waals surface area contributed by atoms with E-state index in [2.05, 4.69) is 19.2 Å². The van der Waals surface area contributed by atoms with Gasteiger partial charge in [0.2, 0.25) is 5.91 Å². The number of rotatable bonds is 4. The molecule has 0 radical (unpaired) electrons. The highest BCUT2D eigenvalue weighted by Crippen LogP contribution is 2.35. The van der Waals surface area contributed by atoms with E-state index in [0.717, 1.165) is 38.5 Å². The summed E-state index contributed by atoms with van der Waals surface area (Å²) in [7, 11) is 0. The zero-order valence-corrected chi connectivity index (χ0v) is 16.7. The molecule has 148 valence electrons. The number of nitrogens with zero attached hydrogens (tertiary/aromatic N) is 2. The lowest BCUT2D eigenvalue weighted by molar-refractivity contribution is -0.133. The third-order valence-corrected chi connectivity index (χ3v) is 6.64. The monoisotopic (exact) mass is 363 g/mol. The van der Waals surface area contributed by atoms with Gasteiger partial charge in [0, 0.05) is 39.1 Å². The van der Waals surface area contributed by atoms with Gasteiger partial charge in [0.05, 0.1) is 0 Å². The molecule has 0 aromatic heterocycles. The third-order valence-electron chi connectivity index (χ3n) is 6.64. The zero-order valence-electron chi connectivity index (χ0n) is 16.7. The molecule has 1 aliphatic carbocycles. The summed E-state index contributed by atoms with van der Waals surface area (Å²) in [4.78, 5) is 28.8. The number of likely N-dealkylation sites (tertiary alicyclic amines) is 2. The van der Waals surface area contributed by atoms with Crippen molar-refractivity contribution in [1.82, 2.24) is 15.1 Å². The van der Waals surface area contributed by atoms with Crippen LogP contribution >= 0.6 is 0 Å². The number of nitrogens with one attached hydrogen (secondary N) is 1. The van der Waals surface area contributed by atoms with Crippen molar-refractivity contribution in [1.29, 1.82) is 0 Å². The standard InChI is InChI=1S/C21H37N3O2/c1-16-12-17(2)14-24(13-16)20(25)8-5-10-22-21(26)23-11-9-18-6-3-4-7-19(18)15-23/h16-19H,3-15H2,1-2H3,(H,22,26). The first kappa shape index (κ1) is 19.5. The van der Waals surface area contributed by atoms with Crippen molar-refractivity contribution in [3.8, 4) is 0 Å². The Kier molecular flexibility index (Phi) is 6.82. The molecule has 3 rings (SSSR count). The summed E-state index contributed by atoms with van der Waals surface area (Å²) in [6.07, 6.45) is 9.02. The lowest BCUT2D eigenvalue weighted by atomic mass is 9.75. The maximum absolute atomic E-state index is 12.4. The maximum atomic E-state index is 12.4. The second-order valence-electron chi connectivity index (χ2n) is 9.12. The zero-order chi connectivity index (χ0) is 18.5. The Morgan fingerprint density at radius 3 is 2.35 bits per heavy atom. The number of fused-ring (bicyclic) bond motifs is 1. The van der Waals surface area contributed by atoms with E-state index in [4.69, 9.17) is 0 Å². The SMILES string of the molecule is CC1CC(C)CN(C(=O)CCCNC(=O)N2CCC3CCCCC3C2)C1. The highest BCUT2D eigenvalue weighted by molar-refractivity contribution is 5.76. The molecule has 0 spiro atoms. The van der Waals surface area contributed by atoms with Gasteiger partial charge in [0.15, 0.2) is 0 Å². The highest BCUT2D eigenvalue weighted by Gasteiger charge is 2.32. The molecule has 4 atom stereocenters. The summed E-state index contributed by atoms with van der Waals surface area (Å²) >= 11 is 0. The lowest BCUT2D eigenvalue weighted by Gasteiger charge is -2.41. The van der Waals surface area contributed by atoms with Gasteiger partial charge in [0.1, 0.15) is 0 Å². The van der Waals surface area contributed by atoms with Crippen LogP contribution in [-0.2, 0) is 4.79 Å². The average Bonchev–Trinajstić information content (AvgIpc) is 2.63. The van der Waals surface area contributed by atoms with Gasteiger partial charge in [-0.3, -0.25) is 4.79 Å². The molecule has 1 saturated carbocycles. The minimum atomic E-state index is 0.0710. The van der Waals surface area contributed by atoms with Crippen LogP contribution in [0, 0.1) is 23.7 Å². The Balaban J connectivity index is 1.33. The first-order valence-corrected chi connectivity index (χ1v) is 10.8. The van der Waals surface area contributed by atoms with Gasteiger partial charge in [-0.05, 0) is 49.4 Å². The fourth-order valence-corrected chi connectivity index (χ4v) is 5.36. The van der Waals surface area contributed by atoms with Crippen molar-refractivity contribution < 1.29 is 9.59 Å². The molecule has 3 amide bonds. The van der Waals surface area contributed by atoms with Crippen molar-refractivity contribution in [2.45, 2.75) is 65.2 Å². The summed E-state index contributed by atoms with van der Waals surface area (Å²) < 4.78 is 0. The van der Waals surface area contributed by atoms with Crippen molar-refractivity contribution in [2.24, 2.45) is 23.7 Å². The predicted molar refractivity (Wildman–Crippen MR) is 104 cm³/mol. The molecule has 1 N–H and O–H groups in total. The van der Waals surface area contributed by atoms with Crippen molar-refractivity contribution in [3.05, 3.63) is 0 Å². The van der Waals surface area contributed by atoms with Gasteiger partial charge in [-0.2, -0.15) is 0 Å². The maximum Gasteiger partial charge on any atom is 0.317 e. The quantitative estimate of drug-likeness (QED) is 0.777. The van der Waals surface area contributed by atoms with E-state index < -0.39 is 0 Å². The van der Waals surface area contributed by atoms with E-state index in [-0.39, 0.29) is 11.9 Å². The van der Waals surface area contributed by atoms with Crippen LogP contribution in [0.15, 0.2) is 0 Å². The Labute approximate surface area is 158 Å². The lowest BCUT2D eigenvalue weighted by Crippen LogP contribution is -2.49. The first-order chi connectivity index (χ1) is 12.5. The Hall–Kier alpha value is -1.26. The first-order valence-electron chi connectivity index (χ1n) is 10.8. The van der Waals surface area contributed by atoms with E-state index in [0.29, 0.717) is 30.7 Å². The van der Waals surface area contributed by atoms with Gasteiger partial charge in [-0.25, -0.2) is 4.79 Å². The van der Waals surface area contributed by atoms with E-state index >= 15 is 0 Å². The molecule has 2 aliphatic heterocycles. The molecule has 2 heterocycles. The number of urea groups is 1. The van der Waals surface area contributed by atoms with E-state index in [9.17, 15) is 9.59 Å². The van der Waals surface area contributed by atoms with Gasteiger partial charge in [-0.15, -0.1) is 0 Å². The Bertz CT molecular complexity index is 486. The predicted octanol–water partition coefficient (Wildman–Crippen LogP) is 3.49. The molecular weight excluding hydrogens is 326 g/mol. The number of hydrogen-bond acceptors (Lipinski definition) is 2. The minimum Gasteiger partial charge on any atom is -0.342 e. The molecule has 5 nitrogen and oxygen atoms in total. The smallest absolute Gasteiger partial charge is 0.317 e. The van der Waals surface area contributed by atoms with Crippen molar-refractivity contribution in [3.63, 3.8) is 0 Å². The fraction of sp³-hybridized carbons (Fsp3) is 0.905. The van der Waals surface area contributed by atoms with E-state index in [1.165, 1.54) is 38.5 Å². The fourth-order valence-electron chi connectivity index (χ4n) is 5.36. The number of carbonyl (C=O) groups excluding carboxylic acids is 2. The number of piperidine rings is 2. The molecule has 4 unspecified atom stereocenters. The van der Waals surface area contributed by atoms with Crippen LogP contribution in [0.1, 0.15) is 65.2 Å². The highest BCUT2D eigenvalue weighted by atomic mass is 16.2. The Morgan fingerprint density at radius 2 is 1.62 bits per heavy atom. The second kappa shape index (κ2) is 9.09. The molecule has 0 aromatic carbocycles. The molecule has 26 heavy (non-hydrogen) atoms. The van der Waals surface area contributed by atoms with Gasteiger partial charge in [0.25, 0.3) is 0 Å². The third kappa shape index (κ3) is 5.14. The summed E-state index contributed by atoms with van der Waals surface area (Å²) in [5.41, 5.74) is 0. The van der Waals surface area contributed by atoms with Crippen LogP contribution in [0.2, 0.25) is 0 Å². The van der Waals surface area contributed by atoms with Crippen LogP contribution in [0.4, 0.5) is 4.79 Å². The second-order valence-corrected chi connectivity index (χ2v) is 9.12. The number of carbonyl (C=O) groups is 2. The minimum absolute atomic E-state index is 0.0710. The topological polar surface area (TPSA) is 52.7 Å². The molecule has 3 aliphatic rings. The summed E-state index contributed by atoms with van der Waals surface area (Å²) in [5, 5.41) is 3.04. The van der Waals surface area contributed by atoms with Crippen LogP contribution in [-0.4, -0.2) is 54.5 Å². The molecule has 0 aromatic rings. The van der Waals surface area contributed by atoms with E-state index in [1.54, 1.807) is 0 Å². The summed E-state index contributed by atoms with van der Waals surface area (Å²) in [5.74, 6) is 3.02. The summed E-state index contributed by atoms with van der Waals surface area (Å²) in [6.45, 7) is 8.68. The van der Waals surface area contributed by atoms with Gasteiger partial charge in [-0.1, -0.05) is 33.1 Å². The van der Waals surface area contributed by atoms with Crippen LogP contribution in [0.3, 0.4) is 0 Å². The normalized spacial score (nSPS) is 32.1.